The Labute approximate surface area is 154 Å². The zero-order chi connectivity index (χ0) is 18.0. The fourth-order valence-corrected chi connectivity index (χ4v) is 2.93. The van der Waals surface area contributed by atoms with Gasteiger partial charge < -0.3 is 9.30 Å². The number of halogens is 2. The average Bonchev–Trinajstić information content (AvgIpc) is 2.99. The molecule has 128 valence electrons. The number of aromatic nitrogens is 1. The standard InChI is InChI=1S/C19H15Cl2NO3/c1-12(23)25-11-13-2-7-16-17(19(24)9-20)10-22(18(16)8-13)15-5-3-14(21)4-6-15/h2-8,10H,9,11H2,1H3. The number of fused-ring (bicyclic) bond motifs is 1. The lowest BCUT2D eigenvalue weighted by Crippen LogP contribution is -1.99. The number of hydrogen-bond acceptors (Lipinski definition) is 3. The van der Waals surface area contributed by atoms with Crippen molar-refractivity contribution in [2.75, 3.05) is 5.88 Å². The quantitative estimate of drug-likeness (QED) is 0.366. The number of carbonyl (C=O) groups is 2. The number of carbonyl (C=O) groups excluding carboxylic acids is 2. The lowest BCUT2D eigenvalue weighted by atomic mass is 10.1. The second-order valence-electron chi connectivity index (χ2n) is 5.58. The number of alkyl halides is 1. The molecule has 0 N–H and O–H groups in total. The lowest BCUT2D eigenvalue weighted by Gasteiger charge is -2.07. The number of esters is 1. The van der Waals surface area contributed by atoms with Crippen LogP contribution in [-0.4, -0.2) is 22.2 Å². The number of hydrogen-bond donors (Lipinski definition) is 0. The smallest absolute Gasteiger partial charge is 0.302 e. The van der Waals surface area contributed by atoms with Crippen molar-refractivity contribution in [3.05, 3.63) is 64.8 Å². The third kappa shape index (κ3) is 3.70. The van der Waals surface area contributed by atoms with Gasteiger partial charge in [-0.2, -0.15) is 0 Å². The molecule has 3 aromatic rings. The van der Waals surface area contributed by atoms with Crippen LogP contribution in [0.3, 0.4) is 0 Å². The Hall–Kier alpha value is -2.30. The first-order valence-electron chi connectivity index (χ1n) is 7.62. The van der Waals surface area contributed by atoms with Crippen LogP contribution < -0.4 is 0 Å². The minimum absolute atomic E-state index is 0.0884. The van der Waals surface area contributed by atoms with Gasteiger partial charge in [-0.25, -0.2) is 0 Å². The molecule has 0 spiro atoms. The third-order valence-corrected chi connectivity index (χ3v) is 4.33. The topological polar surface area (TPSA) is 48.3 Å². The maximum Gasteiger partial charge on any atom is 0.302 e. The van der Waals surface area contributed by atoms with Crippen molar-refractivity contribution >= 4 is 45.9 Å². The summed E-state index contributed by atoms with van der Waals surface area (Å²) in [6.07, 6.45) is 1.77. The van der Waals surface area contributed by atoms with Gasteiger partial charge in [0.15, 0.2) is 5.78 Å². The summed E-state index contributed by atoms with van der Waals surface area (Å²) >= 11 is 11.7. The highest BCUT2D eigenvalue weighted by molar-refractivity contribution is 6.32. The van der Waals surface area contributed by atoms with Crippen LogP contribution in [0.4, 0.5) is 0 Å². The van der Waals surface area contributed by atoms with Gasteiger partial charge in [-0.3, -0.25) is 9.59 Å². The van der Waals surface area contributed by atoms with Crippen LogP contribution in [0, 0.1) is 0 Å². The molecule has 1 heterocycles. The van der Waals surface area contributed by atoms with Crippen molar-refractivity contribution in [1.82, 2.24) is 4.57 Å². The fraction of sp³-hybridized carbons (Fsp3) is 0.158. The highest BCUT2D eigenvalue weighted by Gasteiger charge is 2.16. The molecule has 0 saturated carbocycles. The molecule has 25 heavy (non-hydrogen) atoms. The molecule has 3 rings (SSSR count). The predicted molar refractivity (Wildman–Crippen MR) is 98.8 cm³/mol. The largest absolute Gasteiger partial charge is 0.461 e. The highest BCUT2D eigenvalue weighted by atomic mass is 35.5. The summed E-state index contributed by atoms with van der Waals surface area (Å²) in [4.78, 5) is 23.2. The molecule has 1 aromatic heterocycles. The molecule has 0 aliphatic rings. The SMILES string of the molecule is CC(=O)OCc1ccc2c(C(=O)CCl)cn(-c3ccc(Cl)cc3)c2c1. The number of Topliss-reactive ketones (excluding diaryl/α,β-unsaturated/α-hetero) is 1. The zero-order valence-electron chi connectivity index (χ0n) is 13.5. The van der Waals surface area contributed by atoms with E-state index in [2.05, 4.69) is 0 Å². The molecule has 2 aromatic carbocycles. The van der Waals surface area contributed by atoms with Gasteiger partial charge in [0.25, 0.3) is 0 Å². The van der Waals surface area contributed by atoms with Gasteiger partial charge >= 0.3 is 5.97 Å². The van der Waals surface area contributed by atoms with Gasteiger partial charge in [-0.15, -0.1) is 11.6 Å². The van der Waals surface area contributed by atoms with E-state index in [9.17, 15) is 9.59 Å². The van der Waals surface area contributed by atoms with E-state index in [0.29, 0.717) is 10.6 Å². The summed E-state index contributed by atoms with van der Waals surface area (Å²) in [6, 6.07) is 12.9. The third-order valence-electron chi connectivity index (χ3n) is 3.84. The van der Waals surface area contributed by atoms with Crippen LogP contribution >= 0.6 is 23.2 Å². The van der Waals surface area contributed by atoms with E-state index in [1.807, 2.05) is 34.9 Å². The van der Waals surface area contributed by atoms with Gasteiger partial charge in [0.05, 0.1) is 11.4 Å². The highest BCUT2D eigenvalue weighted by Crippen LogP contribution is 2.27. The predicted octanol–water partition coefficient (Wildman–Crippen LogP) is 4.77. The summed E-state index contributed by atoms with van der Waals surface area (Å²) in [5.41, 5.74) is 3.09. The maximum absolute atomic E-state index is 12.2. The molecule has 6 heteroatoms. The molecule has 4 nitrogen and oxygen atoms in total. The Morgan fingerprint density at radius 2 is 1.84 bits per heavy atom. The molecule has 0 atom stereocenters. The second kappa shape index (κ2) is 7.30. The van der Waals surface area contributed by atoms with Gasteiger partial charge in [0, 0.05) is 34.8 Å². The molecule has 0 unspecified atom stereocenters. The van der Waals surface area contributed by atoms with Crippen LogP contribution in [0.15, 0.2) is 48.7 Å². The van der Waals surface area contributed by atoms with Crippen molar-refractivity contribution in [3.8, 4) is 5.69 Å². The Balaban J connectivity index is 2.15. The molecule has 0 amide bonds. The summed E-state index contributed by atoms with van der Waals surface area (Å²) in [7, 11) is 0. The van der Waals surface area contributed by atoms with Crippen LogP contribution in [0.25, 0.3) is 16.6 Å². The van der Waals surface area contributed by atoms with E-state index >= 15 is 0 Å². The lowest BCUT2D eigenvalue weighted by molar-refractivity contribution is -0.142. The van der Waals surface area contributed by atoms with Gasteiger partial charge in [-0.05, 0) is 35.9 Å². The summed E-state index contributed by atoms with van der Waals surface area (Å²) in [5, 5.41) is 1.43. The zero-order valence-corrected chi connectivity index (χ0v) is 15.0. The number of ketones is 1. The fourth-order valence-electron chi connectivity index (χ4n) is 2.66. The monoisotopic (exact) mass is 375 g/mol. The van der Waals surface area contributed by atoms with Crippen molar-refractivity contribution in [2.24, 2.45) is 0 Å². The van der Waals surface area contributed by atoms with Crippen molar-refractivity contribution in [3.63, 3.8) is 0 Å². The Bertz CT molecular complexity index is 945. The molecule has 0 bridgehead atoms. The maximum atomic E-state index is 12.2. The first-order valence-corrected chi connectivity index (χ1v) is 8.53. The second-order valence-corrected chi connectivity index (χ2v) is 6.28. The molecule has 0 aliphatic carbocycles. The van der Waals surface area contributed by atoms with E-state index in [1.165, 1.54) is 6.92 Å². The number of rotatable bonds is 5. The molecular weight excluding hydrogens is 361 g/mol. The van der Waals surface area contributed by atoms with Crippen LogP contribution in [0.2, 0.25) is 5.02 Å². The summed E-state index contributed by atoms with van der Waals surface area (Å²) in [6.45, 7) is 1.54. The number of nitrogens with zero attached hydrogens (tertiary/aromatic N) is 1. The molecular formula is C19H15Cl2NO3. The van der Waals surface area contributed by atoms with Crippen molar-refractivity contribution in [1.29, 1.82) is 0 Å². The van der Waals surface area contributed by atoms with E-state index in [4.69, 9.17) is 27.9 Å². The Morgan fingerprint density at radius 3 is 2.48 bits per heavy atom. The van der Waals surface area contributed by atoms with Gasteiger partial charge in [0.1, 0.15) is 6.61 Å². The van der Waals surface area contributed by atoms with Crippen LogP contribution in [0.5, 0.6) is 0 Å². The van der Waals surface area contributed by atoms with E-state index < -0.39 is 0 Å². The summed E-state index contributed by atoms with van der Waals surface area (Å²) in [5.74, 6) is -0.576. The minimum atomic E-state index is -0.341. The Kier molecular flexibility index (Phi) is 5.11. The Morgan fingerprint density at radius 1 is 1.12 bits per heavy atom. The first-order chi connectivity index (χ1) is 12.0. The summed E-state index contributed by atoms with van der Waals surface area (Å²) < 4.78 is 6.97. The van der Waals surface area contributed by atoms with Crippen LogP contribution in [-0.2, 0) is 16.1 Å². The van der Waals surface area contributed by atoms with E-state index in [1.54, 1.807) is 18.3 Å². The molecule has 0 saturated heterocycles. The molecule has 0 fully saturated rings. The molecule has 0 radical (unpaired) electrons. The number of ether oxygens (including phenoxy) is 1. The first kappa shape index (κ1) is 17.5. The van der Waals surface area contributed by atoms with Gasteiger partial charge in [-0.1, -0.05) is 23.7 Å². The molecule has 0 aliphatic heterocycles. The van der Waals surface area contributed by atoms with Crippen molar-refractivity contribution in [2.45, 2.75) is 13.5 Å². The normalized spacial score (nSPS) is 10.8. The van der Waals surface area contributed by atoms with Crippen LogP contribution in [0.1, 0.15) is 22.8 Å². The minimum Gasteiger partial charge on any atom is -0.461 e. The van der Waals surface area contributed by atoms with Crippen molar-refractivity contribution < 1.29 is 14.3 Å². The average molecular weight is 376 g/mol. The van der Waals surface area contributed by atoms with E-state index in [0.717, 1.165) is 22.2 Å². The van der Waals surface area contributed by atoms with E-state index in [-0.39, 0.29) is 24.2 Å². The van der Waals surface area contributed by atoms with Gasteiger partial charge in [0.2, 0.25) is 0 Å². The number of benzene rings is 2.